The number of anilines is 1. The lowest BCUT2D eigenvalue weighted by atomic mass is 10.2. The third kappa shape index (κ3) is 3.55. The largest absolute Gasteiger partial charge is 0.455 e. The fourth-order valence-electron chi connectivity index (χ4n) is 1.74. The maximum atomic E-state index is 12.0. The number of nitrogens with two attached hydrogens (primary N) is 1. The Hall–Kier alpha value is -1.57. The van der Waals surface area contributed by atoms with Crippen molar-refractivity contribution in [2.75, 3.05) is 12.8 Å². The van der Waals surface area contributed by atoms with Crippen LogP contribution in [0.3, 0.4) is 0 Å². The van der Waals surface area contributed by atoms with Crippen molar-refractivity contribution >= 4 is 31.6 Å². The molecule has 0 amide bonds. The fraction of sp³-hybridized carbons (Fsp3) is 0.143. The van der Waals surface area contributed by atoms with Crippen LogP contribution in [0.15, 0.2) is 45.8 Å². The summed E-state index contributed by atoms with van der Waals surface area (Å²) in [5, 5.41) is 0. The maximum absolute atomic E-state index is 12.0. The summed E-state index contributed by atoms with van der Waals surface area (Å²) < 4.78 is 32.8. The molecule has 0 spiro atoms. The first-order chi connectivity index (χ1) is 9.83. The van der Waals surface area contributed by atoms with Crippen LogP contribution in [-0.2, 0) is 10.0 Å². The third-order valence-corrected chi connectivity index (χ3v) is 4.89. The van der Waals surface area contributed by atoms with Gasteiger partial charge >= 0.3 is 0 Å². The van der Waals surface area contributed by atoms with Crippen LogP contribution in [0.5, 0.6) is 11.5 Å². The molecule has 0 aromatic heterocycles. The zero-order valence-electron chi connectivity index (χ0n) is 11.6. The molecular weight excluding hydrogens is 356 g/mol. The van der Waals surface area contributed by atoms with Crippen molar-refractivity contribution < 1.29 is 13.2 Å². The average Bonchev–Trinajstić information content (AvgIpc) is 2.43. The Morgan fingerprint density at radius 2 is 1.81 bits per heavy atom. The van der Waals surface area contributed by atoms with Crippen molar-refractivity contribution in [2.24, 2.45) is 0 Å². The normalized spacial score (nSPS) is 11.4. The minimum absolute atomic E-state index is 0.00234. The molecule has 0 unspecified atom stereocenters. The summed E-state index contributed by atoms with van der Waals surface area (Å²) in [6.45, 7) is 1.95. The van der Waals surface area contributed by atoms with Gasteiger partial charge in [-0.3, -0.25) is 0 Å². The van der Waals surface area contributed by atoms with Crippen LogP contribution in [-0.4, -0.2) is 15.5 Å². The lowest BCUT2D eigenvalue weighted by Crippen LogP contribution is -2.19. The van der Waals surface area contributed by atoms with Crippen LogP contribution in [0.25, 0.3) is 0 Å². The molecule has 7 heteroatoms. The lowest BCUT2D eigenvalue weighted by molar-refractivity contribution is 0.464. The Bertz CT molecular complexity index is 776. The van der Waals surface area contributed by atoms with E-state index in [0.29, 0.717) is 11.4 Å². The van der Waals surface area contributed by atoms with Gasteiger partial charge in [-0.2, -0.15) is 0 Å². The van der Waals surface area contributed by atoms with Gasteiger partial charge in [0.2, 0.25) is 10.0 Å². The van der Waals surface area contributed by atoms with Crippen molar-refractivity contribution in [1.82, 2.24) is 4.72 Å². The van der Waals surface area contributed by atoms with Crippen molar-refractivity contribution in [3.8, 4) is 11.5 Å². The molecule has 21 heavy (non-hydrogen) atoms. The van der Waals surface area contributed by atoms with Crippen molar-refractivity contribution in [1.29, 1.82) is 0 Å². The predicted molar refractivity (Wildman–Crippen MR) is 86.1 cm³/mol. The van der Waals surface area contributed by atoms with E-state index in [0.717, 1.165) is 10.0 Å². The van der Waals surface area contributed by atoms with Crippen LogP contribution >= 0.6 is 15.9 Å². The second-order valence-electron chi connectivity index (χ2n) is 4.45. The minimum atomic E-state index is -3.66. The first kappa shape index (κ1) is 15.8. The van der Waals surface area contributed by atoms with Crippen LogP contribution in [0.1, 0.15) is 5.56 Å². The number of ether oxygens (including phenoxy) is 1. The molecule has 0 saturated heterocycles. The molecule has 0 fully saturated rings. The van der Waals surface area contributed by atoms with E-state index in [4.69, 9.17) is 10.5 Å². The number of benzene rings is 2. The second kappa shape index (κ2) is 6.05. The molecule has 0 radical (unpaired) electrons. The standard InChI is InChI=1S/C14H15BrN2O3S/c1-9-3-5-12(11(15)7-9)20-13-6-4-10(16)8-14(13)21(18,19)17-2/h3-8,17H,16H2,1-2H3. The monoisotopic (exact) mass is 370 g/mol. The molecule has 3 N–H and O–H groups in total. The maximum Gasteiger partial charge on any atom is 0.244 e. The zero-order chi connectivity index (χ0) is 15.6. The van der Waals surface area contributed by atoms with Gasteiger partial charge in [0.15, 0.2) is 0 Å². The van der Waals surface area contributed by atoms with Gasteiger partial charge in [0, 0.05) is 5.69 Å². The molecule has 2 aromatic rings. The molecule has 2 aromatic carbocycles. The number of nitrogens with one attached hydrogen (secondary N) is 1. The van der Waals surface area contributed by atoms with Crippen molar-refractivity contribution in [2.45, 2.75) is 11.8 Å². The average molecular weight is 371 g/mol. The Kier molecular flexibility index (Phi) is 4.55. The summed E-state index contributed by atoms with van der Waals surface area (Å²) in [6.07, 6.45) is 0. The molecule has 2 rings (SSSR count). The van der Waals surface area contributed by atoms with Gasteiger partial charge in [0.25, 0.3) is 0 Å². The summed E-state index contributed by atoms with van der Waals surface area (Å²) in [7, 11) is -2.33. The third-order valence-electron chi connectivity index (χ3n) is 2.83. The van der Waals surface area contributed by atoms with E-state index in [1.807, 2.05) is 19.1 Å². The second-order valence-corrected chi connectivity index (χ2v) is 7.16. The molecular formula is C14H15BrN2O3S. The number of aryl methyl sites for hydroxylation is 1. The number of nitrogen functional groups attached to an aromatic ring is 1. The van der Waals surface area contributed by atoms with E-state index >= 15 is 0 Å². The number of hydrogen-bond acceptors (Lipinski definition) is 4. The Labute approximate surface area is 132 Å². The van der Waals surface area contributed by atoms with E-state index in [1.54, 1.807) is 12.1 Å². The Morgan fingerprint density at radius 3 is 2.43 bits per heavy atom. The fourth-order valence-corrected chi connectivity index (χ4v) is 3.20. The van der Waals surface area contributed by atoms with Crippen molar-refractivity contribution in [3.63, 3.8) is 0 Å². The number of halogens is 1. The summed E-state index contributed by atoms with van der Waals surface area (Å²) >= 11 is 3.40. The smallest absolute Gasteiger partial charge is 0.244 e. The number of hydrogen-bond donors (Lipinski definition) is 2. The first-order valence-corrected chi connectivity index (χ1v) is 8.38. The molecule has 112 valence electrons. The van der Waals surface area contributed by atoms with E-state index in [2.05, 4.69) is 20.7 Å². The molecule has 0 heterocycles. The van der Waals surface area contributed by atoms with E-state index in [9.17, 15) is 8.42 Å². The summed E-state index contributed by atoms with van der Waals surface area (Å²) in [5.74, 6) is 0.737. The molecule has 0 aliphatic rings. The molecule has 0 aliphatic heterocycles. The Morgan fingerprint density at radius 1 is 1.14 bits per heavy atom. The summed E-state index contributed by atoms with van der Waals surface area (Å²) in [4.78, 5) is -0.00234. The van der Waals surface area contributed by atoms with E-state index in [-0.39, 0.29) is 10.6 Å². The van der Waals surface area contributed by atoms with Crippen LogP contribution < -0.4 is 15.2 Å². The van der Waals surface area contributed by atoms with Gasteiger partial charge in [0.05, 0.1) is 4.47 Å². The number of rotatable bonds is 4. The molecule has 0 aliphatic carbocycles. The highest BCUT2D eigenvalue weighted by molar-refractivity contribution is 9.10. The van der Waals surface area contributed by atoms with Gasteiger partial charge in [-0.15, -0.1) is 0 Å². The van der Waals surface area contributed by atoms with Gasteiger partial charge in [-0.05, 0) is 65.8 Å². The lowest BCUT2D eigenvalue weighted by Gasteiger charge is -2.13. The first-order valence-electron chi connectivity index (χ1n) is 6.10. The Balaban J connectivity index is 2.50. The highest BCUT2D eigenvalue weighted by atomic mass is 79.9. The highest BCUT2D eigenvalue weighted by Gasteiger charge is 2.19. The van der Waals surface area contributed by atoms with Crippen LogP contribution in [0, 0.1) is 6.92 Å². The van der Waals surface area contributed by atoms with E-state index in [1.165, 1.54) is 19.2 Å². The summed E-state index contributed by atoms with van der Waals surface area (Å²) in [5.41, 5.74) is 7.08. The van der Waals surface area contributed by atoms with Gasteiger partial charge in [-0.25, -0.2) is 13.1 Å². The molecule has 0 atom stereocenters. The quantitative estimate of drug-likeness (QED) is 0.810. The van der Waals surface area contributed by atoms with Crippen molar-refractivity contribution in [3.05, 3.63) is 46.4 Å². The van der Waals surface area contributed by atoms with Crippen LogP contribution in [0.4, 0.5) is 5.69 Å². The van der Waals surface area contributed by atoms with Gasteiger partial charge in [-0.1, -0.05) is 6.07 Å². The molecule has 5 nitrogen and oxygen atoms in total. The highest BCUT2D eigenvalue weighted by Crippen LogP contribution is 2.34. The molecule has 0 bridgehead atoms. The summed E-state index contributed by atoms with van der Waals surface area (Å²) in [6, 6.07) is 10.0. The topological polar surface area (TPSA) is 81.4 Å². The van der Waals surface area contributed by atoms with Crippen LogP contribution in [0.2, 0.25) is 0 Å². The molecule has 0 saturated carbocycles. The van der Waals surface area contributed by atoms with Gasteiger partial charge in [0.1, 0.15) is 16.4 Å². The number of sulfonamides is 1. The SMILES string of the molecule is CNS(=O)(=O)c1cc(N)ccc1Oc1ccc(C)cc1Br. The minimum Gasteiger partial charge on any atom is -0.455 e. The zero-order valence-corrected chi connectivity index (χ0v) is 14.0. The van der Waals surface area contributed by atoms with Gasteiger partial charge < -0.3 is 10.5 Å². The van der Waals surface area contributed by atoms with E-state index < -0.39 is 10.0 Å². The predicted octanol–water partition coefficient (Wildman–Crippen LogP) is 3.04.